The van der Waals surface area contributed by atoms with Gasteiger partial charge in [0.2, 0.25) is 0 Å². The van der Waals surface area contributed by atoms with Crippen molar-refractivity contribution in [1.82, 2.24) is 5.32 Å². The molecular weight excluding hydrogens is 270 g/mol. The van der Waals surface area contributed by atoms with Crippen LogP contribution >= 0.6 is 0 Å². The highest BCUT2D eigenvalue weighted by atomic mass is 15.2. The molecule has 0 spiro atoms. The summed E-state index contributed by atoms with van der Waals surface area (Å²) in [4.78, 5) is 2.48. The van der Waals surface area contributed by atoms with Gasteiger partial charge in [0.1, 0.15) is 0 Å². The maximum atomic E-state index is 8.98. The maximum Gasteiger partial charge on any atom is 0.0991 e. The van der Waals surface area contributed by atoms with Gasteiger partial charge >= 0.3 is 0 Å². The highest BCUT2D eigenvalue weighted by Gasteiger charge is 2.21. The molecule has 0 aliphatic carbocycles. The number of nitrogens with one attached hydrogen (secondary N) is 1. The van der Waals surface area contributed by atoms with Gasteiger partial charge in [0.15, 0.2) is 0 Å². The Labute approximate surface area is 132 Å². The lowest BCUT2D eigenvalue weighted by Gasteiger charge is -2.36. The zero-order valence-corrected chi connectivity index (χ0v) is 12.7. The molecule has 3 rings (SSSR count). The number of anilines is 1. The van der Waals surface area contributed by atoms with Crippen LogP contribution in [-0.2, 0) is 6.54 Å². The van der Waals surface area contributed by atoms with E-state index in [1.165, 1.54) is 11.3 Å². The first-order valence-corrected chi connectivity index (χ1v) is 7.88. The first-order chi connectivity index (χ1) is 10.9. The molecule has 3 nitrogen and oxygen atoms in total. The number of nitriles is 1. The Hall–Kier alpha value is -2.31. The van der Waals surface area contributed by atoms with Crippen molar-refractivity contribution in [1.29, 1.82) is 5.26 Å². The molecule has 112 valence electrons. The fourth-order valence-corrected chi connectivity index (χ4v) is 3.06. The van der Waals surface area contributed by atoms with Crippen molar-refractivity contribution in [2.24, 2.45) is 0 Å². The Bertz CT molecular complexity index is 622. The quantitative estimate of drug-likeness (QED) is 0.939. The molecule has 2 aromatic rings. The van der Waals surface area contributed by atoms with Gasteiger partial charge in [-0.05, 0) is 55.8 Å². The third-order valence-electron chi connectivity index (χ3n) is 4.27. The molecule has 0 unspecified atom stereocenters. The third-order valence-corrected chi connectivity index (χ3v) is 4.27. The van der Waals surface area contributed by atoms with E-state index in [2.05, 4.69) is 58.8 Å². The van der Waals surface area contributed by atoms with E-state index in [4.69, 9.17) is 5.26 Å². The van der Waals surface area contributed by atoms with Gasteiger partial charge in [0.05, 0.1) is 11.6 Å². The predicted molar refractivity (Wildman–Crippen MR) is 89.7 cm³/mol. The van der Waals surface area contributed by atoms with E-state index >= 15 is 0 Å². The zero-order valence-electron chi connectivity index (χ0n) is 12.7. The highest BCUT2D eigenvalue weighted by molar-refractivity contribution is 5.51. The molecule has 1 N–H and O–H groups in total. The molecule has 1 aliphatic rings. The summed E-state index contributed by atoms with van der Waals surface area (Å²) in [6.45, 7) is 3.07. The third kappa shape index (κ3) is 3.47. The fraction of sp³-hybridized carbons (Fsp3) is 0.316. The van der Waals surface area contributed by atoms with E-state index in [-0.39, 0.29) is 0 Å². The second-order valence-corrected chi connectivity index (χ2v) is 5.75. The largest absolute Gasteiger partial charge is 0.364 e. The standard InChI is InChI=1S/C19H21N3/c20-14-16-6-8-18(9-7-16)22(19-10-12-21-13-11-19)15-17-4-2-1-3-5-17/h1-9,19,21H,10-13,15H2. The number of benzene rings is 2. The topological polar surface area (TPSA) is 39.1 Å². The van der Waals surface area contributed by atoms with Crippen molar-refractivity contribution >= 4 is 5.69 Å². The molecule has 1 fully saturated rings. The Balaban J connectivity index is 1.85. The number of hydrogen-bond donors (Lipinski definition) is 1. The smallest absolute Gasteiger partial charge is 0.0991 e. The molecule has 1 heterocycles. The fourth-order valence-electron chi connectivity index (χ4n) is 3.06. The summed E-state index contributed by atoms with van der Waals surface area (Å²) < 4.78 is 0. The van der Waals surface area contributed by atoms with Crippen LogP contribution in [0.2, 0.25) is 0 Å². The van der Waals surface area contributed by atoms with Gasteiger partial charge in [0, 0.05) is 18.3 Å². The molecule has 0 amide bonds. The first kappa shape index (κ1) is 14.6. The van der Waals surface area contributed by atoms with Crippen molar-refractivity contribution < 1.29 is 0 Å². The van der Waals surface area contributed by atoms with Crippen LogP contribution in [0.4, 0.5) is 5.69 Å². The minimum atomic E-state index is 0.550. The summed E-state index contributed by atoms with van der Waals surface area (Å²) in [5.74, 6) is 0. The van der Waals surface area contributed by atoms with E-state index in [1.54, 1.807) is 0 Å². The van der Waals surface area contributed by atoms with Crippen LogP contribution in [0.15, 0.2) is 54.6 Å². The molecule has 3 heteroatoms. The maximum absolute atomic E-state index is 8.98. The number of hydrogen-bond acceptors (Lipinski definition) is 3. The van der Waals surface area contributed by atoms with Gasteiger partial charge in [-0.25, -0.2) is 0 Å². The van der Waals surface area contributed by atoms with Gasteiger partial charge in [-0.3, -0.25) is 0 Å². The number of piperidine rings is 1. The summed E-state index contributed by atoms with van der Waals surface area (Å²) in [5, 5.41) is 12.4. The number of nitrogens with zero attached hydrogens (tertiary/aromatic N) is 2. The Morgan fingerprint density at radius 3 is 2.32 bits per heavy atom. The molecule has 22 heavy (non-hydrogen) atoms. The SMILES string of the molecule is N#Cc1ccc(N(Cc2ccccc2)C2CCNCC2)cc1. The van der Waals surface area contributed by atoms with Gasteiger partial charge in [0.25, 0.3) is 0 Å². The predicted octanol–water partition coefficient (Wildman–Crippen LogP) is 3.32. The molecule has 0 bridgehead atoms. The van der Waals surface area contributed by atoms with Crippen molar-refractivity contribution in [3.63, 3.8) is 0 Å². The van der Waals surface area contributed by atoms with Crippen LogP contribution in [0.25, 0.3) is 0 Å². The Morgan fingerprint density at radius 2 is 1.68 bits per heavy atom. The monoisotopic (exact) mass is 291 g/mol. The van der Waals surface area contributed by atoms with Crippen LogP contribution < -0.4 is 10.2 Å². The van der Waals surface area contributed by atoms with E-state index in [0.717, 1.165) is 32.5 Å². The second kappa shape index (κ2) is 7.11. The van der Waals surface area contributed by atoms with Crippen LogP contribution in [-0.4, -0.2) is 19.1 Å². The van der Waals surface area contributed by atoms with Crippen molar-refractivity contribution in [2.45, 2.75) is 25.4 Å². The Kier molecular flexibility index (Phi) is 4.72. The average Bonchev–Trinajstić information content (AvgIpc) is 2.61. The minimum absolute atomic E-state index is 0.550. The molecule has 0 aromatic heterocycles. The van der Waals surface area contributed by atoms with E-state index < -0.39 is 0 Å². The lowest BCUT2D eigenvalue weighted by atomic mass is 10.0. The Morgan fingerprint density at radius 1 is 1.00 bits per heavy atom. The molecule has 0 radical (unpaired) electrons. The van der Waals surface area contributed by atoms with Crippen molar-refractivity contribution in [3.8, 4) is 6.07 Å². The lowest BCUT2D eigenvalue weighted by Crippen LogP contribution is -2.43. The molecule has 1 saturated heterocycles. The van der Waals surface area contributed by atoms with Gasteiger partial charge in [-0.15, -0.1) is 0 Å². The summed E-state index contributed by atoms with van der Waals surface area (Å²) in [7, 11) is 0. The highest BCUT2D eigenvalue weighted by Crippen LogP contribution is 2.24. The summed E-state index contributed by atoms with van der Waals surface area (Å²) in [5.41, 5.74) is 3.24. The van der Waals surface area contributed by atoms with Gasteiger partial charge in [-0.1, -0.05) is 30.3 Å². The normalized spacial score (nSPS) is 15.2. The van der Waals surface area contributed by atoms with Gasteiger partial charge in [-0.2, -0.15) is 5.26 Å². The van der Waals surface area contributed by atoms with Crippen LogP contribution in [0.3, 0.4) is 0 Å². The van der Waals surface area contributed by atoms with E-state index in [9.17, 15) is 0 Å². The minimum Gasteiger partial charge on any atom is -0.364 e. The van der Waals surface area contributed by atoms with E-state index in [0.29, 0.717) is 11.6 Å². The molecule has 2 aromatic carbocycles. The van der Waals surface area contributed by atoms with Crippen molar-refractivity contribution in [2.75, 3.05) is 18.0 Å². The average molecular weight is 291 g/mol. The summed E-state index contributed by atoms with van der Waals surface area (Å²) in [6.07, 6.45) is 2.32. The zero-order chi connectivity index (χ0) is 15.2. The molecule has 0 saturated carbocycles. The van der Waals surface area contributed by atoms with Gasteiger partial charge < -0.3 is 10.2 Å². The van der Waals surface area contributed by atoms with Crippen LogP contribution in [0.5, 0.6) is 0 Å². The molecule has 0 atom stereocenters. The molecular formula is C19H21N3. The van der Waals surface area contributed by atoms with Crippen molar-refractivity contribution in [3.05, 3.63) is 65.7 Å². The van der Waals surface area contributed by atoms with E-state index in [1.807, 2.05) is 12.1 Å². The second-order valence-electron chi connectivity index (χ2n) is 5.75. The first-order valence-electron chi connectivity index (χ1n) is 7.88. The van der Waals surface area contributed by atoms with Crippen LogP contribution in [0, 0.1) is 11.3 Å². The lowest BCUT2D eigenvalue weighted by molar-refractivity contribution is 0.428. The van der Waals surface area contributed by atoms with Crippen LogP contribution in [0.1, 0.15) is 24.0 Å². The molecule has 1 aliphatic heterocycles. The summed E-state index contributed by atoms with van der Waals surface area (Å²) >= 11 is 0. The summed E-state index contributed by atoms with van der Waals surface area (Å²) in [6, 6.07) is 21.3. The number of rotatable bonds is 4.